The van der Waals surface area contributed by atoms with Crippen LogP contribution in [-0.4, -0.2) is 46.6 Å². The maximum atomic E-state index is 11.5. The molecule has 2 aromatic carbocycles. The van der Waals surface area contributed by atoms with Crippen LogP contribution in [0.25, 0.3) is 5.69 Å². The van der Waals surface area contributed by atoms with Crippen LogP contribution in [0, 0.1) is 17.0 Å². The normalized spacial score (nSPS) is 11.8. The highest BCUT2D eigenvalue weighted by molar-refractivity contribution is 9.10. The minimum atomic E-state index is -0.536. The number of methoxy groups -OCH3 is 1. The van der Waals surface area contributed by atoms with Crippen LogP contribution in [-0.2, 0) is 0 Å². The second-order valence-corrected chi connectivity index (χ2v) is 8.91. The van der Waals surface area contributed by atoms with E-state index in [-0.39, 0.29) is 11.5 Å². The molecule has 0 saturated carbocycles. The summed E-state index contributed by atoms with van der Waals surface area (Å²) in [4.78, 5) is 11.2. The van der Waals surface area contributed by atoms with Crippen LogP contribution < -0.4 is 14.2 Å². The molecule has 0 spiro atoms. The molecule has 0 fully saturated rings. The Kier molecular flexibility index (Phi) is 8.56. The highest BCUT2D eigenvalue weighted by atomic mass is 79.9. The smallest absolute Gasteiger partial charge is 0.220 e. The monoisotopic (exact) mass is 536 g/mol. The first kappa shape index (κ1) is 24.8. The average Bonchev–Trinajstić information content (AvgIpc) is 3.15. The molecule has 1 aromatic heterocycles. The Morgan fingerprint density at radius 2 is 1.85 bits per heavy atom. The van der Waals surface area contributed by atoms with E-state index in [1.54, 1.807) is 6.07 Å². The van der Waals surface area contributed by atoms with Gasteiger partial charge in [-0.25, -0.2) is 0 Å². The summed E-state index contributed by atoms with van der Waals surface area (Å²) in [6, 6.07) is 11.1. The first-order chi connectivity index (χ1) is 15.9. The number of nitro groups is 1. The lowest BCUT2D eigenvalue weighted by atomic mass is 10.1. The van der Waals surface area contributed by atoms with Gasteiger partial charge in [0.15, 0.2) is 16.7 Å². The topological polar surface area (TPSA) is 102 Å². The zero-order valence-corrected chi connectivity index (χ0v) is 21.2. The van der Waals surface area contributed by atoms with E-state index in [1.165, 1.54) is 18.9 Å². The number of benzene rings is 2. The van der Waals surface area contributed by atoms with Gasteiger partial charge in [-0.3, -0.25) is 14.7 Å². The van der Waals surface area contributed by atoms with Gasteiger partial charge < -0.3 is 14.2 Å². The SMILES string of the molecule is CCOc1ccc(-n2c(C)nnc2S[C@H](C[N+](=O)[O-])c2cc(Br)c(OCC)c(OC)c2)cc1. The summed E-state index contributed by atoms with van der Waals surface area (Å²) < 4.78 is 19.2. The van der Waals surface area contributed by atoms with Crippen LogP contribution in [0.3, 0.4) is 0 Å². The van der Waals surface area contributed by atoms with Crippen molar-refractivity contribution in [1.82, 2.24) is 14.8 Å². The zero-order valence-electron chi connectivity index (χ0n) is 18.8. The summed E-state index contributed by atoms with van der Waals surface area (Å²) in [5, 5.41) is 20.0. The maximum Gasteiger partial charge on any atom is 0.220 e. The molecule has 0 aliphatic carbocycles. The van der Waals surface area contributed by atoms with Crippen LogP contribution in [0.4, 0.5) is 0 Å². The van der Waals surface area contributed by atoms with Crippen LogP contribution in [0.5, 0.6) is 17.2 Å². The van der Waals surface area contributed by atoms with Crippen molar-refractivity contribution in [2.45, 2.75) is 31.2 Å². The molecule has 3 aromatic rings. The number of hydrogen-bond donors (Lipinski definition) is 0. The largest absolute Gasteiger partial charge is 0.494 e. The molecule has 1 heterocycles. The van der Waals surface area contributed by atoms with Crippen molar-refractivity contribution in [3.05, 3.63) is 62.4 Å². The van der Waals surface area contributed by atoms with E-state index in [2.05, 4.69) is 26.1 Å². The van der Waals surface area contributed by atoms with Crippen molar-refractivity contribution in [2.24, 2.45) is 0 Å². The molecule has 0 unspecified atom stereocenters. The zero-order chi connectivity index (χ0) is 24.0. The minimum Gasteiger partial charge on any atom is -0.494 e. The van der Waals surface area contributed by atoms with E-state index in [0.29, 0.717) is 45.7 Å². The molecular weight excluding hydrogens is 512 g/mol. The number of halogens is 1. The Bertz CT molecular complexity index is 1110. The van der Waals surface area contributed by atoms with Gasteiger partial charge in [-0.05, 0) is 78.7 Å². The third-order valence-corrected chi connectivity index (χ3v) is 6.45. The molecule has 0 radical (unpaired) electrons. The van der Waals surface area contributed by atoms with Crippen molar-refractivity contribution in [3.8, 4) is 22.9 Å². The number of aromatic nitrogens is 3. The maximum absolute atomic E-state index is 11.5. The van der Waals surface area contributed by atoms with Gasteiger partial charge in [0.1, 0.15) is 16.8 Å². The number of aryl methyl sites for hydroxylation is 1. The van der Waals surface area contributed by atoms with Crippen LogP contribution >= 0.6 is 27.7 Å². The summed E-state index contributed by atoms with van der Waals surface area (Å²) in [5.74, 6) is 2.49. The standard InChI is InChI=1S/C22H25BrN4O5S/c1-5-31-17-9-7-16(8-10-17)27-14(3)24-25-22(27)33-20(13-26(28)29)15-11-18(23)21(32-6-2)19(12-15)30-4/h7-12,20H,5-6,13H2,1-4H3/t20-/m1/s1. The molecule has 0 N–H and O–H groups in total. The van der Waals surface area contributed by atoms with Gasteiger partial charge in [-0.2, -0.15) is 0 Å². The first-order valence-electron chi connectivity index (χ1n) is 10.3. The lowest BCUT2D eigenvalue weighted by molar-refractivity contribution is -0.479. The lowest BCUT2D eigenvalue weighted by Gasteiger charge is -2.18. The Morgan fingerprint density at radius 3 is 2.45 bits per heavy atom. The van der Waals surface area contributed by atoms with Crippen molar-refractivity contribution in [3.63, 3.8) is 0 Å². The summed E-state index contributed by atoms with van der Waals surface area (Å²) in [5.41, 5.74) is 1.55. The fourth-order valence-electron chi connectivity index (χ4n) is 3.26. The van der Waals surface area contributed by atoms with Gasteiger partial charge in [0.05, 0.1) is 24.8 Å². The fraction of sp³-hybridized carbons (Fsp3) is 0.364. The molecule has 33 heavy (non-hydrogen) atoms. The van der Waals surface area contributed by atoms with Gasteiger partial charge in [0, 0.05) is 10.6 Å². The average molecular weight is 537 g/mol. The number of nitrogens with zero attached hydrogens (tertiary/aromatic N) is 4. The van der Waals surface area contributed by atoms with Crippen molar-refractivity contribution < 1.29 is 19.1 Å². The number of hydrogen-bond acceptors (Lipinski definition) is 8. The third-order valence-electron chi connectivity index (χ3n) is 4.68. The molecule has 3 rings (SSSR count). The second kappa shape index (κ2) is 11.4. The predicted octanol–water partition coefficient (Wildman–Crippen LogP) is 5.25. The number of ether oxygens (including phenoxy) is 3. The molecule has 0 bridgehead atoms. The molecule has 176 valence electrons. The van der Waals surface area contributed by atoms with E-state index < -0.39 is 5.25 Å². The van der Waals surface area contributed by atoms with Gasteiger partial charge >= 0.3 is 0 Å². The van der Waals surface area contributed by atoms with E-state index in [9.17, 15) is 10.1 Å². The predicted molar refractivity (Wildman–Crippen MR) is 130 cm³/mol. The van der Waals surface area contributed by atoms with Gasteiger partial charge in [0.2, 0.25) is 6.54 Å². The molecule has 0 aliphatic heterocycles. The molecule has 0 amide bonds. The van der Waals surface area contributed by atoms with Crippen molar-refractivity contribution in [1.29, 1.82) is 0 Å². The van der Waals surface area contributed by atoms with E-state index in [0.717, 1.165) is 11.4 Å². The second-order valence-electron chi connectivity index (χ2n) is 6.88. The van der Waals surface area contributed by atoms with Crippen LogP contribution in [0.1, 0.15) is 30.5 Å². The van der Waals surface area contributed by atoms with Crippen LogP contribution in [0.2, 0.25) is 0 Å². The van der Waals surface area contributed by atoms with Gasteiger partial charge in [-0.1, -0.05) is 11.8 Å². The Hall–Kier alpha value is -2.79. The molecular formula is C22H25BrN4O5S. The first-order valence-corrected chi connectivity index (χ1v) is 12.0. The van der Waals surface area contributed by atoms with Gasteiger partial charge in [-0.15, -0.1) is 10.2 Å². The molecule has 0 aliphatic rings. The van der Waals surface area contributed by atoms with Gasteiger partial charge in [0.25, 0.3) is 0 Å². The Labute approximate surface area is 204 Å². The van der Waals surface area contributed by atoms with Crippen molar-refractivity contribution >= 4 is 27.7 Å². The summed E-state index contributed by atoms with van der Waals surface area (Å²) in [6.07, 6.45) is 0. The van der Waals surface area contributed by atoms with Crippen LogP contribution in [0.15, 0.2) is 46.0 Å². The summed E-state index contributed by atoms with van der Waals surface area (Å²) >= 11 is 4.78. The highest BCUT2D eigenvalue weighted by Crippen LogP contribution is 2.43. The highest BCUT2D eigenvalue weighted by Gasteiger charge is 2.26. The Balaban J connectivity index is 1.99. The van der Waals surface area contributed by atoms with Crippen molar-refractivity contribution in [2.75, 3.05) is 26.9 Å². The fourth-order valence-corrected chi connectivity index (χ4v) is 4.99. The third kappa shape index (κ3) is 5.97. The van der Waals surface area contributed by atoms with E-state index >= 15 is 0 Å². The summed E-state index contributed by atoms with van der Waals surface area (Å²) in [6.45, 7) is 6.38. The molecule has 9 nitrogen and oxygen atoms in total. The number of rotatable bonds is 11. The van der Waals surface area contributed by atoms with E-state index in [1.807, 2.05) is 55.7 Å². The number of thioether (sulfide) groups is 1. The Morgan fingerprint density at radius 1 is 1.15 bits per heavy atom. The lowest BCUT2D eigenvalue weighted by Crippen LogP contribution is -2.12. The molecule has 11 heteroatoms. The minimum absolute atomic E-state index is 0.302. The summed E-state index contributed by atoms with van der Waals surface area (Å²) in [7, 11) is 1.54. The van der Waals surface area contributed by atoms with E-state index in [4.69, 9.17) is 14.2 Å². The quantitative estimate of drug-likeness (QED) is 0.186. The molecule has 0 saturated heterocycles. The molecule has 1 atom stereocenters.